The van der Waals surface area contributed by atoms with Crippen LogP contribution in [0, 0.1) is 23.0 Å². The quantitative estimate of drug-likeness (QED) is 0.738. The van der Waals surface area contributed by atoms with E-state index in [0.29, 0.717) is 23.0 Å². The number of pyridine rings is 1. The van der Waals surface area contributed by atoms with Crippen molar-refractivity contribution in [2.75, 3.05) is 10.6 Å². The first-order valence-corrected chi connectivity index (χ1v) is 7.54. The number of benzene rings is 2. The fourth-order valence-corrected chi connectivity index (χ4v) is 2.26. The Balaban J connectivity index is 1.80. The largest absolute Gasteiger partial charge is 0.353 e. The third-order valence-electron chi connectivity index (χ3n) is 3.51. The van der Waals surface area contributed by atoms with Gasteiger partial charge in [0.05, 0.1) is 34.4 Å². The maximum atomic E-state index is 13.7. The number of hydrogen-bond acceptors (Lipinski definition) is 4. The number of carbonyl (C=O) groups is 1. The lowest BCUT2D eigenvalue weighted by Gasteiger charge is -2.10. The number of halogens is 2. The summed E-state index contributed by atoms with van der Waals surface area (Å²) in [4.78, 5) is 16.3. The molecule has 0 spiro atoms. The first-order valence-electron chi connectivity index (χ1n) is 7.54. The van der Waals surface area contributed by atoms with Crippen LogP contribution in [-0.2, 0) is 0 Å². The fraction of sp³-hybridized carbons (Fsp3) is 0. The molecule has 0 radical (unpaired) electrons. The average molecular weight is 350 g/mol. The van der Waals surface area contributed by atoms with Crippen molar-refractivity contribution < 1.29 is 13.6 Å². The van der Waals surface area contributed by atoms with Crippen molar-refractivity contribution in [1.82, 2.24) is 4.98 Å². The summed E-state index contributed by atoms with van der Waals surface area (Å²) >= 11 is 0. The van der Waals surface area contributed by atoms with Crippen molar-refractivity contribution in [3.63, 3.8) is 0 Å². The van der Waals surface area contributed by atoms with E-state index in [9.17, 15) is 13.6 Å². The van der Waals surface area contributed by atoms with Crippen LogP contribution in [0.2, 0.25) is 0 Å². The molecule has 2 N–H and O–H groups in total. The molecular weight excluding hydrogens is 338 g/mol. The second-order valence-corrected chi connectivity index (χ2v) is 5.32. The van der Waals surface area contributed by atoms with E-state index in [-0.39, 0.29) is 11.3 Å². The van der Waals surface area contributed by atoms with E-state index in [1.807, 2.05) is 0 Å². The van der Waals surface area contributed by atoms with Crippen LogP contribution in [0.3, 0.4) is 0 Å². The predicted molar refractivity (Wildman–Crippen MR) is 93.0 cm³/mol. The standard InChI is InChI=1S/C19H12F2N4O/c20-14-5-6-18(16(21)8-14)25-19(26)13-7-15(11-23-10-13)24-17-4-2-1-3-12(17)9-22/h1-8,10-11,24H,(H,25,26). The number of hydrogen-bond donors (Lipinski definition) is 2. The van der Waals surface area contributed by atoms with Crippen molar-refractivity contribution in [2.45, 2.75) is 0 Å². The second kappa shape index (κ2) is 7.40. The molecule has 0 unspecified atom stereocenters. The smallest absolute Gasteiger partial charge is 0.257 e. The summed E-state index contributed by atoms with van der Waals surface area (Å²) in [6.45, 7) is 0. The van der Waals surface area contributed by atoms with Gasteiger partial charge in [0.25, 0.3) is 5.91 Å². The van der Waals surface area contributed by atoms with E-state index < -0.39 is 17.5 Å². The Labute approximate surface area is 147 Å². The van der Waals surface area contributed by atoms with Crippen molar-refractivity contribution >= 4 is 23.0 Å². The molecule has 0 saturated carbocycles. The summed E-state index contributed by atoms with van der Waals surface area (Å²) in [5.74, 6) is -2.20. The van der Waals surface area contributed by atoms with Gasteiger partial charge in [0.2, 0.25) is 0 Å². The highest BCUT2D eigenvalue weighted by Gasteiger charge is 2.11. The van der Waals surface area contributed by atoms with Gasteiger partial charge in [-0.25, -0.2) is 8.78 Å². The minimum Gasteiger partial charge on any atom is -0.353 e. The van der Waals surface area contributed by atoms with Crippen LogP contribution < -0.4 is 10.6 Å². The Morgan fingerprint density at radius 2 is 1.85 bits per heavy atom. The highest BCUT2D eigenvalue weighted by atomic mass is 19.1. The summed E-state index contributed by atoms with van der Waals surface area (Å²) in [6.07, 6.45) is 2.81. The molecule has 7 heteroatoms. The van der Waals surface area contributed by atoms with Crippen LogP contribution in [-0.4, -0.2) is 10.9 Å². The van der Waals surface area contributed by atoms with Crippen LogP contribution in [0.15, 0.2) is 60.9 Å². The predicted octanol–water partition coefficient (Wildman–Crippen LogP) is 4.23. The van der Waals surface area contributed by atoms with E-state index in [2.05, 4.69) is 21.7 Å². The Morgan fingerprint density at radius 3 is 2.62 bits per heavy atom. The molecule has 1 heterocycles. The van der Waals surface area contributed by atoms with Crippen LogP contribution in [0.4, 0.5) is 25.8 Å². The van der Waals surface area contributed by atoms with E-state index in [1.165, 1.54) is 18.5 Å². The van der Waals surface area contributed by atoms with Gasteiger partial charge in [0.15, 0.2) is 0 Å². The zero-order valence-electron chi connectivity index (χ0n) is 13.3. The molecule has 0 aliphatic heterocycles. The summed E-state index contributed by atoms with van der Waals surface area (Å²) in [6, 6.07) is 13.3. The van der Waals surface area contributed by atoms with Gasteiger partial charge in [-0.2, -0.15) is 5.26 Å². The molecule has 1 aromatic heterocycles. The molecule has 0 atom stereocenters. The Hall–Kier alpha value is -3.79. The molecule has 0 aliphatic carbocycles. The summed E-state index contributed by atoms with van der Waals surface area (Å²) < 4.78 is 26.6. The lowest BCUT2D eigenvalue weighted by Crippen LogP contribution is -2.13. The topological polar surface area (TPSA) is 77.8 Å². The minimum absolute atomic E-state index is 0.135. The SMILES string of the molecule is N#Cc1ccccc1Nc1cncc(C(=O)Nc2ccc(F)cc2F)c1. The third-order valence-corrected chi connectivity index (χ3v) is 3.51. The minimum atomic E-state index is -0.872. The van der Waals surface area contributed by atoms with Crippen molar-refractivity contribution in [3.05, 3.63) is 83.7 Å². The molecule has 1 amide bonds. The Kier molecular flexibility index (Phi) is 4.85. The van der Waals surface area contributed by atoms with E-state index in [4.69, 9.17) is 5.26 Å². The zero-order chi connectivity index (χ0) is 18.5. The first kappa shape index (κ1) is 17.0. The number of amides is 1. The molecule has 26 heavy (non-hydrogen) atoms. The summed E-state index contributed by atoms with van der Waals surface area (Å²) in [5, 5.41) is 14.5. The van der Waals surface area contributed by atoms with Crippen molar-refractivity contribution in [1.29, 1.82) is 5.26 Å². The normalized spacial score (nSPS) is 10.0. The molecule has 5 nitrogen and oxygen atoms in total. The van der Waals surface area contributed by atoms with Crippen molar-refractivity contribution in [2.24, 2.45) is 0 Å². The molecule has 3 aromatic rings. The fourth-order valence-electron chi connectivity index (χ4n) is 2.26. The van der Waals surface area contributed by atoms with Gasteiger partial charge in [-0.05, 0) is 30.3 Å². The van der Waals surface area contributed by atoms with Gasteiger partial charge in [-0.15, -0.1) is 0 Å². The number of rotatable bonds is 4. The monoisotopic (exact) mass is 350 g/mol. The molecular formula is C19H12F2N4O. The number of para-hydroxylation sites is 1. The molecule has 3 rings (SSSR count). The van der Waals surface area contributed by atoms with Crippen LogP contribution in [0.25, 0.3) is 0 Å². The molecule has 128 valence electrons. The number of carbonyl (C=O) groups excluding carboxylic acids is 1. The first-order chi connectivity index (χ1) is 12.6. The Bertz CT molecular complexity index is 1010. The van der Waals surface area contributed by atoms with Crippen LogP contribution in [0.5, 0.6) is 0 Å². The lowest BCUT2D eigenvalue weighted by molar-refractivity contribution is 0.102. The Morgan fingerprint density at radius 1 is 1.04 bits per heavy atom. The number of nitriles is 1. The van der Waals surface area contributed by atoms with Gasteiger partial charge >= 0.3 is 0 Å². The maximum absolute atomic E-state index is 13.7. The maximum Gasteiger partial charge on any atom is 0.257 e. The van der Waals surface area contributed by atoms with Gasteiger partial charge in [0.1, 0.15) is 17.7 Å². The van der Waals surface area contributed by atoms with E-state index >= 15 is 0 Å². The molecule has 0 saturated heterocycles. The summed E-state index contributed by atoms with van der Waals surface area (Å²) in [5.41, 5.74) is 1.53. The van der Waals surface area contributed by atoms with Crippen LogP contribution >= 0.6 is 0 Å². The number of nitrogens with zero attached hydrogens (tertiary/aromatic N) is 2. The third kappa shape index (κ3) is 3.82. The average Bonchev–Trinajstić information content (AvgIpc) is 2.64. The van der Waals surface area contributed by atoms with Gasteiger partial charge < -0.3 is 10.6 Å². The van der Waals surface area contributed by atoms with Gasteiger partial charge in [-0.1, -0.05) is 12.1 Å². The second-order valence-electron chi connectivity index (χ2n) is 5.32. The van der Waals surface area contributed by atoms with E-state index in [0.717, 1.165) is 12.1 Å². The number of nitrogens with one attached hydrogen (secondary N) is 2. The molecule has 0 fully saturated rings. The number of aromatic nitrogens is 1. The highest BCUT2D eigenvalue weighted by molar-refractivity contribution is 6.04. The zero-order valence-corrected chi connectivity index (χ0v) is 13.3. The molecule has 0 bridgehead atoms. The van der Waals surface area contributed by atoms with E-state index in [1.54, 1.807) is 24.3 Å². The number of anilines is 3. The molecule has 2 aromatic carbocycles. The van der Waals surface area contributed by atoms with Crippen molar-refractivity contribution in [3.8, 4) is 6.07 Å². The van der Waals surface area contributed by atoms with Crippen LogP contribution in [0.1, 0.15) is 15.9 Å². The molecule has 0 aliphatic rings. The lowest BCUT2D eigenvalue weighted by atomic mass is 10.2. The highest BCUT2D eigenvalue weighted by Crippen LogP contribution is 2.21. The van der Waals surface area contributed by atoms with Gasteiger partial charge in [0, 0.05) is 12.3 Å². The van der Waals surface area contributed by atoms with Gasteiger partial charge in [-0.3, -0.25) is 9.78 Å². The summed E-state index contributed by atoms with van der Waals surface area (Å²) in [7, 11) is 0.